The third-order valence-electron chi connectivity index (χ3n) is 5.93. The molecule has 1 aromatic heterocycles. The van der Waals surface area contributed by atoms with E-state index in [1.54, 1.807) is 25.3 Å². The van der Waals surface area contributed by atoms with Gasteiger partial charge < -0.3 is 10.6 Å². The molecule has 0 saturated carbocycles. The van der Waals surface area contributed by atoms with Crippen LogP contribution in [0.5, 0.6) is 0 Å². The van der Waals surface area contributed by atoms with E-state index in [2.05, 4.69) is 15.6 Å². The number of carbonyl (C=O) groups excluding carboxylic acids is 2. The number of anilines is 1. The van der Waals surface area contributed by atoms with Crippen LogP contribution >= 0.6 is 11.6 Å². The van der Waals surface area contributed by atoms with Crippen molar-refractivity contribution in [2.45, 2.75) is 46.5 Å². The van der Waals surface area contributed by atoms with Crippen molar-refractivity contribution in [1.82, 2.24) is 10.3 Å². The number of dihydropyridines is 1. The molecule has 1 aromatic carbocycles. The first-order valence-corrected chi connectivity index (χ1v) is 10.9. The smallest absolute Gasteiger partial charge is 0.255 e. The van der Waals surface area contributed by atoms with Gasteiger partial charge in [-0.15, -0.1) is 0 Å². The summed E-state index contributed by atoms with van der Waals surface area (Å²) in [6.07, 6.45) is 2.57. The van der Waals surface area contributed by atoms with Gasteiger partial charge in [0.1, 0.15) is 11.6 Å². The number of aromatic nitrogens is 1. The number of nitrogens with one attached hydrogen (secondary N) is 2. The molecular formula is C25H25ClFN3O2. The predicted molar refractivity (Wildman–Crippen MR) is 123 cm³/mol. The van der Waals surface area contributed by atoms with Crippen LogP contribution in [0, 0.1) is 18.2 Å². The second-order valence-electron chi connectivity index (χ2n) is 9.24. The van der Waals surface area contributed by atoms with Gasteiger partial charge in [-0.1, -0.05) is 37.6 Å². The van der Waals surface area contributed by atoms with E-state index in [1.807, 2.05) is 26.8 Å². The van der Waals surface area contributed by atoms with Crippen molar-refractivity contribution in [3.8, 4) is 0 Å². The number of aryl methyl sites for hydroxylation is 1. The number of Topliss-reactive ketones (excluding diaryl/α,β-unsaturated/α-hetero) is 1. The van der Waals surface area contributed by atoms with E-state index >= 15 is 4.39 Å². The highest BCUT2D eigenvalue weighted by Gasteiger charge is 2.44. The van der Waals surface area contributed by atoms with E-state index in [9.17, 15) is 9.59 Å². The number of nitrogens with zero attached hydrogens (tertiary/aromatic N) is 1. The maximum Gasteiger partial charge on any atom is 0.255 e. The fourth-order valence-corrected chi connectivity index (χ4v) is 4.81. The first-order chi connectivity index (χ1) is 15.1. The minimum absolute atomic E-state index is 0.112. The third-order valence-corrected chi connectivity index (χ3v) is 6.26. The van der Waals surface area contributed by atoms with Crippen LogP contribution in [0.3, 0.4) is 0 Å². The number of rotatable bonds is 3. The molecule has 2 aromatic rings. The number of benzene rings is 1. The zero-order chi connectivity index (χ0) is 23.2. The van der Waals surface area contributed by atoms with E-state index in [-0.39, 0.29) is 27.4 Å². The zero-order valence-corrected chi connectivity index (χ0v) is 19.2. The molecule has 0 radical (unpaired) electrons. The van der Waals surface area contributed by atoms with Crippen molar-refractivity contribution in [2.24, 2.45) is 5.41 Å². The first kappa shape index (κ1) is 22.2. The molecule has 0 bridgehead atoms. The summed E-state index contributed by atoms with van der Waals surface area (Å²) in [5.41, 5.74) is 2.80. The van der Waals surface area contributed by atoms with Gasteiger partial charge in [0.15, 0.2) is 5.78 Å². The van der Waals surface area contributed by atoms with Gasteiger partial charge in [-0.3, -0.25) is 9.59 Å². The number of allylic oxidation sites excluding steroid dienone is 3. The molecule has 1 aliphatic heterocycles. The lowest BCUT2D eigenvalue weighted by Gasteiger charge is -2.39. The molecule has 1 atom stereocenters. The largest absolute Gasteiger partial charge is 0.362 e. The molecule has 2 N–H and O–H groups in total. The molecular weight excluding hydrogens is 429 g/mol. The summed E-state index contributed by atoms with van der Waals surface area (Å²) in [6, 6.07) is 7.92. The van der Waals surface area contributed by atoms with Crippen LogP contribution in [-0.2, 0) is 9.59 Å². The van der Waals surface area contributed by atoms with Crippen molar-refractivity contribution in [1.29, 1.82) is 0 Å². The van der Waals surface area contributed by atoms with Gasteiger partial charge in [-0.05, 0) is 49.4 Å². The normalized spacial score (nSPS) is 20.1. The van der Waals surface area contributed by atoms with Crippen LogP contribution in [-0.4, -0.2) is 16.7 Å². The second-order valence-corrected chi connectivity index (χ2v) is 9.65. The molecule has 0 unspecified atom stereocenters. The van der Waals surface area contributed by atoms with Crippen molar-refractivity contribution >= 4 is 29.1 Å². The highest BCUT2D eigenvalue weighted by atomic mass is 35.5. The van der Waals surface area contributed by atoms with E-state index < -0.39 is 17.6 Å². The van der Waals surface area contributed by atoms with E-state index in [1.165, 1.54) is 12.1 Å². The standard InChI is InChI=1S/C25H25ClFN3O2/c1-13-8-9-19(28-12-13)30-24(32)20-14(2)29-17-10-25(3,4)11-18(31)22(17)23(20)21-15(26)6-5-7-16(21)27/h5-9,12,23,29H,10-11H2,1-4H3,(H,28,30,32)/t23-/m0/s1. The van der Waals surface area contributed by atoms with Crippen molar-refractivity contribution < 1.29 is 14.0 Å². The fourth-order valence-electron chi connectivity index (χ4n) is 4.54. The summed E-state index contributed by atoms with van der Waals surface area (Å²) in [7, 11) is 0. The van der Waals surface area contributed by atoms with E-state index in [0.29, 0.717) is 29.9 Å². The molecule has 5 nitrogen and oxygen atoms in total. The fraction of sp³-hybridized carbons (Fsp3) is 0.320. The van der Waals surface area contributed by atoms with Crippen LogP contribution < -0.4 is 10.6 Å². The number of pyridine rings is 1. The van der Waals surface area contributed by atoms with Gasteiger partial charge in [0.2, 0.25) is 0 Å². The molecule has 7 heteroatoms. The summed E-state index contributed by atoms with van der Waals surface area (Å²) in [6.45, 7) is 7.70. The van der Waals surface area contributed by atoms with Gasteiger partial charge in [-0.2, -0.15) is 0 Å². The molecule has 0 saturated heterocycles. The summed E-state index contributed by atoms with van der Waals surface area (Å²) >= 11 is 6.43. The van der Waals surface area contributed by atoms with Crippen LogP contribution in [0.1, 0.15) is 50.7 Å². The average Bonchev–Trinajstić information content (AvgIpc) is 2.68. The van der Waals surface area contributed by atoms with Crippen molar-refractivity contribution in [3.63, 3.8) is 0 Å². The Morgan fingerprint density at radius 3 is 2.62 bits per heavy atom. The van der Waals surface area contributed by atoms with Crippen molar-refractivity contribution in [3.05, 3.63) is 81.0 Å². The van der Waals surface area contributed by atoms with Crippen LogP contribution in [0.15, 0.2) is 59.1 Å². The Bertz CT molecular complexity index is 1160. The maximum atomic E-state index is 15.1. The zero-order valence-electron chi connectivity index (χ0n) is 18.5. The number of amides is 1. The Balaban J connectivity index is 1.85. The monoisotopic (exact) mass is 453 g/mol. The van der Waals surface area contributed by atoms with Gasteiger partial charge >= 0.3 is 0 Å². The second kappa shape index (κ2) is 8.17. The minimum Gasteiger partial charge on any atom is -0.362 e. The van der Waals surface area contributed by atoms with E-state index in [0.717, 1.165) is 11.3 Å². The van der Waals surface area contributed by atoms with Crippen LogP contribution in [0.25, 0.3) is 0 Å². The summed E-state index contributed by atoms with van der Waals surface area (Å²) in [5.74, 6) is -1.66. The molecule has 32 heavy (non-hydrogen) atoms. The molecule has 1 amide bonds. The summed E-state index contributed by atoms with van der Waals surface area (Å²) in [4.78, 5) is 31.0. The Morgan fingerprint density at radius 2 is 1.97 bits per heavy atom. The lowest BCUT2D eigenvalue weighted by atomic mass is 9.68. The highest BCUT2D eigenvalue weighted by Crippen LogP contribution is 2.48. The third kappa shape index (κ3) is 4.07. The number of halogens is 2. The van der Waals surface area contributed by atoms with Gasteiger partial charge in [0.25, 0.3) is 5.91 Å². The minimum atomic E-state index is -0.908. The number of hydrogen-bond donors (Lipinski definition) is 2. The predicted octanol–water partition coefficient (Wildman–Crippen LogP) is 5.43. The molecule has 0 spiro atoms. The number of ketones is 1. The topological polar surface area (TPSA) is 71.1 Å². The molecule has 2 aliphatic rings. The summed E-state index contributed by atoms with van der Waals surface area (Å²) in [5, 5.41) is 6.22. The van der Waals surface area contributed by atoms with E-state index in [4.69, 9.17) is 11.6 Å². The number of hydrogen-bond acceptors (Lipinski definition) is 4. The number of carbonyl (C=O) groups is 2. The quantitative estimate of drug-likeness (QED) is 0.650. The summed E-state index contributed by atoms with van der Waals surface area (Å²) < 4.78 is 15.1. The highest BCUT2D eigenvalue weighted by molar-refractivity contribution is 6.31. The average molecular weight is 454 g/mol. The molecule has 0 fully saturated rings. The van der Waals surface area contributed by atoms with Gasteiger partial charge in [0, 0.05) is 45.7 Å². The van der Waals surface area contributed by atoms with Gasteiger partial charge in [0.05, 0.1) is 5.92 Å². The van der Waals surface area contributed by atoms with Crippen molar-refractivity contribution in [2.75, 3.05) is 5.32 Å². The Hall–Kier alpha value is -2.99. The lowest BCUT2D eigenvalue weighted by molar-refractivity contribution is -0.118. The maximum absolute atomic E-state index is 15.1. The van der Waals surface area contributed by atoms with Gasteiger partial charge in [-0.25, -0.2) is 9.37 Å². The molecule has 166 valence electrons. The Labute approximate surface area is 191 Å². The SMILES string of the molecule is CC1=C(C(=O)Nc2ccc(C)cn2)[C@@H](c2c(F)cccc2Cl)C2=C(CC(C)(C)CC2=O)N1. The van der Waals surface area contributed by atoms with Crippen LogP contribution in [0.4, 0.5) is 10.2 Å². The first-order valence-electron chi connectivity index (χ1n) is 10.5. The Morgan fingerprint density at radius 1 is 1.22 bits per heavy atom. The molecule has 4 rings (SSSR count). The lowest BCUT2D eigenvalue weighted by Crippen LogP contribution is -2.39. The molecule has 1 aliphatic carbocycles. The molecule has 2 heterocycles. The Kier molecular flexibility index (Phi) is 5.67. The van der Waals surface area contributed by atoms with Crippen LogP contribution in [0.2, 0.25) is 5.02 Å².